The van der Waals surface area contributed by atoms with Crippen LogP contribution in [-0.4, -0.2) is 18.1 Å². The molecule has 2 aromatic rings. The summed E-state index contributed by atoms with van der Waals surface area (Å²) in [6.07, 6.45) is 0. The molecule has 0 bridgehead atoms. The van der Waals surface area contributed by atoms with Gasteiger partial charge in [-0.2, -0.15) is 4.39 Å². The largest absolute Gasteiger partial charge is 0.464 e. The second-order valence-corrected chi connectivity index (χ2v) is 3.62. The molecule has 0 aliphatic carbocycles. The highest BCUT2D eigenvalue weighted by atomic mass is 19.2. The van der Waals surface area contributed by atoms with Gasteiger partial charge in [0, 0.05) is 11.1 Å². The lowest BCUT2D eigenvalue weighted by molar-refractivity contribution is 0.0593. The third-order valence-electron chi connectivity index (χ3n) is 2.48. The molecule has 0 saturated carbocycles. The second-order valence-electron chi connectivity index (χ2n) is 3.62. The lowest BCUT2D eigenvalue weighted by atomic mass is 10.0. The molecule has 3 nitrogen and oxygen atoms in total. The zero-order chi connectivity index (χ0) is 14.0. The van der Waals surface area contributed by atoms with E-state index in [0.29, 0.717) is 0 Å². The Bertz CT molecular complexity index is 644. The average Bonchev–Trinajstić information content (AvgIpc) is 2.41. The van der Waals surface area contributed by atoms with Crippen molar-refractivity contribution in [3.8, 4) is 11.1 Å². The molecule has 98 valence electrons. The number of nitrogens with zero attached hydrogens (tertiary/aromatic N) is 1. The van der Waals surface area contributed by atoms with Crippen LogP contribution in [0.3, 0.4) is 0 Å². The summed E-state index contributed by atoms with van der Waals surface area (Å²) in [5, 5.41) is 0. The van der Waals surface area contributed by atoms with Gasteiger partial charge in [-0.05, 0) is 18.2 Å². The third kappa shape index (κ3) is 2.42. The minimum atomic E-state index is -1.14. The van der Waals surface area contributed by atoms with Gasteiger partial charge in [0.25, 0.3) is 0 Å². The Hall–Kier alpha value is -2.37. The number of rotatable bonds is 2. The molecule has 1 aromatic carbocycles. The van der Waals surface area contributed by atoms with Gasteiger partial charge < -0.3 is 4.74 Å². The fraction of sp³-hybridized carbons (Fsp3) is 0.0769. The van der Waals surface area contributed by atoms with Crippen LogP contribution in [0, 0.1) is 17.6 Å². The number of ether oxygens (including phenoxy) is 1. The molecule has 6 heteroatoms. The highest BCUT2D eigenvalue weighted by Gasteiger charge is 2.20. The maximum Gasteiger partial charge on any atom is 0.357 e. The number of esters is 1. The molecule has 0 atom stereocenters. The number of methoxy groups -OCH3 is 1. The van der Waals surface area contributed by atoms with Crippen molar-refractivity contribution in [1.82, 2.24) is 4.98 Å². The van der Waals surface area contributed by atoms with Crippen LogP contribution >= 0.6 is 0 Å². The van der Waals surface area contributed by atoms with Gasteiger partial charge in [0.2, 0.25) is 5.95 Å². The summed E-state index contributed by atoms with van der Waals surface area (Å²) < 4.78 is 44.4. The van der Waals surface area contributed by atoms with Gasteiger partial charge in [0.1, 0.15) is 0 Å². The first-order valence-corrected chi connectivity index (χ1v) is 5.24. The van der Waals surface area contributed by atoms with E-state index in [1.54, 1.807) is 0 Å². The summed E-state index contributed by atoms with van der Waals surface area (Å²) >= 11 is 0. The van der Waals surface area contributed by atoms with Crippen molar-refractivity contribution in [3.63, 3.8) is 0 Å². The van der Waals surface area contributed by atoms with Crippen LogP contribution in [0.4, 0.5) is 13.2 Å². The van der Waals surface area contributed by atoms with E-state index >= 15 is 0 Å². The van der Waals surface area contributed by atoms with Crippen molar-refractivity contribution >= 4 is 5.97 Å². The number of hydrogen-bond donors (Lipinski definition) is 0. The minimum Gasteiger partial charge on any atom is -0.464 e. The Morgan fingerprint density at radius 1 is 1.11 bits per heavy atom. The first kappa shape index (κ1) is 13.1. The molecule has 1 aromatic heterocycles. The molecule has 0 radical (unpaired) electrons. The van der Waals surface area contributed by atoms with Crippen LogP contribution in [0.5, 0.6) is 0 Å². The Morgan fingerprint density at radius 3 is 2.53 bits per heavy atom. The molecule has 0 amide bonds. The number of halogens is 3. The van der Waals surface area contributed by atoms with E-state index in [-0.39, 0.29) is 11.1 Å². The van der Waals surface area contributed by atoms with Gasteiger partial charge in [-0.1, -0.05) is 12.1 Å². The summed E-state index contributed by atoms with van der Waals surface area (Å²) in [7, 11) is 1.08. The molecule has 0 saturated heterocycles. The number of pyridine rings is 1. The quantitative estimate of drug-likeness (QED) is 0.620. The van der Waals surface area contributed by atoms with E-state index < -0.39 is 29.2 Å². The third-order valence-corrected chi connectivity index (χ3v) is 2.48. The molecule has 19 heavy (non-hydrogen) atoms. The van der Waals surface area contributed by atoms with E-state index in [2.05, 4.69) is 9.72 Å². The average molecular weight is 267 g/mol. The molecule has 0 N–H and O–H groups in total. The Balaban J connectivity index is 2.68. The summed E-state index contributed by atoms with van der Waals surface area (Å²) in [5.74, 6) is -4.06. The minimum absolute atomic E-state index is 0.0368. The number of carbonyl (C=O) groups excluding carboxylic acids is 1. The standard InChI is InChI=1S/C13H8F3NO2/c1-19-13(18)12-8(5-6-10(15)17-12)7-3-2-4-9(14)11(7)16/h2-6H,1H3. The highest BCUT2D eigenvalue weighted by Crippen LogP contribution is 2.27. The van der Waals surface area contributed by atoms with E-state index in [1.165, 1.54) is 12.1 Å². The molecule has 0 aliphatic heterocycles. The molecule has 0 fully saturated rings. The lowest BCUT2D eigenvalue weighted by Gasteiger charge is -2.08. The van der Waals surface area contributed by atoms with E-state index in [1.807, 2.05) is 0 Å². The van der Waals surface area contributed by atoms with E-state index in [9.17, 15) is 18.0 Å². The molecule has 0 spiro atoms. The number of aromatic nitrogens is 1. The van der Waals surface area contributed by atoms with Gasteiger partial charge in [0.05, 0.1) is 7.11 Å². The highest BCUT2D eigenvalue weighted by molar-refractivity contribution is 5.95. The molecule has 2 rings (SSSR count). The van der Waals surface area contributed by atoms with Crippen molar-refractivity contribution in [3.05, 3.63) is 53.6 Å². The monoisotopic (exact) mass is 267 g/mol. The number of benzene rings is 1. The molecular weight excluding hydrogens is 259 g/mol. The predicted molar refractivity (Wildman–Crippen MR) is 60.9 cm³/mol. The van der Waals surface area contributed by atoms with Crippen molar-refractivity contribution in [1.29, 1.82) is 0 Å². The zero-order valence-electron chi connectivity index (χ0n) is 9.78. The Morgan fingerprint density at radius 2 is 1.84 bits per heavy atom. The van der Waals surface area contributed by atoms with Crippen molar-refractivity contribution in [2.75, 3.05) is 7.11 Å². The van der Waals surface area contributed by atoms with Crippen molar-refractivity contribution < 1.29 is 22.7 Å². The van der Waals surface area contributed by atoms with Gasteiger partial charge in [-0.25, -0.2) is 18.6 Å². The SMILES string of the molecule is COC(=O)c1nc(F)ccc1-c1cccc(F)c1F. The topological polar surface area (TPSA) is 39.2 Å². The number of hydrogen-bond acceptors (Lipinski definition) is 3. The first-order chi connectivity index (χ1) is 9.04. The molecule has 1 heterocycles. The Kier molecular flexibility index (Phi) is 3.50. The fourth-order valence-electron chi connectivity index (χ4n) is 1.62. The Labute approximate surface area is 106 Å². The van der Waals surface area contributed by atoms with Gasteiger partial charge in [0.15, 0.2) is 17.3 Å². The van der Waals surface area contributed by atoms with Crippen LogP contribution in [0.1, 0.15) is 10.5 Å². The van der Waals surface area contributed by atoms with E-state index in [0.717, 1.165) is 25.3 Å². The van der Waals surface area contributed by atoms with Gasteiger partial charge in [-0.3, -0.25) is 0 Å². The first-order valence-electron chi connectivity index (χ1n) is 5.24. The van der Waals surface area contributed by atoms with Crippen molar-refractivity contribution in [2.45, 2.75) is 0 Å². The smallest absolute Gasteiger partial charge is 0.357 e. The predicted octanol–water partition coefficient (Wildman–Crippen LogP) is 2.95. The number of carbonyl (C=O) groups is 1. The van der Waals surface area contributed by atoms with Gasteiger partial charge in [-0.15, -0.1) is 0 Å². The van der Waals surface area contributed by atoms with Crippen LogP contribution in [-0.2, 0) is 4.74 Å². The zero-order valence-corrected chi connectivity index (χ0v) is 9.78. The normalized spacial score (nSPS) is 10.3. The van der Waals surface area contributed by atoms with Crippen molar-refractivity contribution in [2.24, 2.45) is 0 Å². The van der Waals surface area contributed by atoms with Crippen LogP contribution in [0.25, 0.3) is 11.1 Å². The summed E-state index contributed by atoms with van der Waals surface area (Å²) in [5.41, 5.74) is -0.634. The maximum absolute atomic E-state index is 13.7. The van der Waals surface area contributed by atoms with Crippen LogP contribution in [0.15, 0.2) is 30.3 Å². The lowest BCUT2D eigenvalue weighted by Crippen LogP contribution is -2.08. The summed E-state index contributed by atoms with van der Waals surface area (Å²) in [6, 6.07) is 5.57. The van der Waals surface area contributed by atoms with Crippen LogP contribution in [0.2, 0.25) is 0 Å². The maximum atomic E-state index is 13.7. The summed E-state index contributed by atoms with van der Waals surface area (Å²) in [4.78, 5) is 14.8. The van der Waals surface area contributed by atoms with E-state index in [4.69, 9.17) is 0 Å². The second kappa shape index (κ2) is 5.09. The summed E-state index contributed by atoms with van der Waals surface area (Å²) in [6.45, 7) is 0. The molecule has 0 unspecified atom stereocenters. The van der Waals surface area contributed by atoms with Crippen LogP contribution < -0.4 is 0 Å². The molecule has 0 aliphatic rings. The molecular formula is C13H8F3NO2. The van der Waals surface area contributed by atoms with Gasteiger partial charge >= 0.3 is 5.97 Å². The fourth-order valence-corrected chi connectivity index (χ4v) is 1.62.